The third-order valence-electron chi connectivity index (χ3n) is 5.17. The summed E-state index contributed by atoms with van der Waals surface area (Å²) in [7, 11) is 0. The van der Waals surface area contributed by atoms with Crippen molar-refractivity contribution in [2.24, 2.45) is 0 Å². The molecule has 0 saturated carbocycles. The SMILES string of the molecule is CCC(CC)(CCSCCC(CC)(CC)OC(=O)CSC)OC(=O)CSC. The largest absolute Gasteiger partial charge is 0.458 e. The van der Waals surface area contributed by atoms with Crippen LogP contribution in [-0.4, -0.2) is 58.7 Å². The molecule has 7 heteroatoms. The van der Waals surface area contributed by atoms with Crippen LogP contribution in [0.15, 0.2) is 0 Å². The monoisotopic (exact) mass is 438 g/mol. The number of thioether (sulfide) groups is 3. The van der Waals surface area contributed by atoms with Crippen molar-refractivity contribution < 1.29 is 19.1 Å². The molecule has 0 heterocycles. The third-order valence-corrected chi connectivity index (χ3v) is 7.20. The van der Waals surface area contributed by atoms with Gasteiger partial charge >= 0.3 is 11.9 Å². The Balaban J connectivity index is 4.52. The van der Waals surface area contributed by atoms with Gasteiger partial charge in [-0.2, -0.15) is 35.3 Å². The molecule has 0 atom stereocenters. The van der Waals surface area contributed by atoms with Crippen molar-refractivity contribution in [3.63, 3.8) is 0 Å². The summed E-state index contributed by atoms with van der Waals surface area (Å²) < 4.78 is 11.6. The van der Waals surface area contributed by atoms with E-state index in [0.717, 1.165) is 50.0 Å². The first-order valence-electron chi connectivity index (χ1n) is 9.85. The number of ether oxygens (including phenoxy) is 2. The molecule has 0 saturated heterocycles. The van der Waals surface area contributed by atoms with Gasteiger partial charge in [0.2, 0.25) is 0 Å². The van der Waals surface area contributed by atoms with E-state index in [-0.39, 0.29) is 23.1 Å². The molecule has 0 aromatic heterocycles. The molecule has 0 aromatic rings. The van der Waals surface area contributed by atoms with Crippen LogP contribution in [0.3, 0.4) is 0 Å². The highest BCUT2D eigenvalue weighted by atomic mass is 32.2. The molecule has 0 radical (unpaired) electrons. The second kappa shape index (κ2) is 14.9. The number of rotatable bonds is 16. The Morgan fingerprint density at radius 1 is 0.704 bits per heavy atom. The van der Waals surface area contributed by atoms with Gasteiger partial charge in [-0.15, -0.1) is 0 Å². The van der Waals surface area contributed by atoms with Gasteiger partial charge in [-0.3, -0.25) is 9.59 Å². The van der Waals surface area contributed by atoms with E-state index in [9.17, 15) is 9.59 Å². The second-order valence-electron chi connectivity index (χ2n) is 6.71. The lowest BCUT2D eigenvalue weighted by Crippen LogP contribution is -2.36. The average molecular weight is 439 g/mol. The Bertz CT molecular complexity index is 383. The van der Waals surface area contributed by atoms with Crippen molar-refractivity contribution in [2.45, 2.75) is 77.4 Å². The minimum Gasteiger partial charge on any atom is -0.458 e. The minimum absolute atomic E-state index is 0.118. The highest BCUT2D eigenvalue weighted by Crippen LogP contribution is 2.30. The van der Waals surface area contributed by atoms with Crippen LogP contribution in [-0.2, 0) is 19.1 Å². The predicted octanol–water partition coefficient (Wildman–Crippen LogP) is 5.43. The fourth-order valence-corrected chi connectivity index (χ4v) is 4.82. The fourth-order valence-electron chi connectivity index (χ4n) is 2.99. The standard InChI is InChI=1S/C20H38O4S3/c1-7-19(8-2,23-17(21)15-25-5)11-13-27-14-12-20(9-3,10-4)24-18(22)16-26-6/h7-16H2,1-6H3. The number of carbonyl (C=O) groups excluding carboxylic acids is 2. The molecule has 160 valence electrons. The van der Waals surface area contributed by atoms with E-state index in [1.165, 1.54) is 23.5 Å². The summed E-state index contributed by atoms with van der Waals surface area (Å²) in [6, 6.07) is 0. The van der Waals surface area contributed by atoms with E-state index >= 15 is 0 Å². The van der Waals surface area contributed by atoms with E-state index < -0.39 is 0 Å². The summed E-state index contributed by atoms with van der Waals surface area (Å²) in [6.07, 6.45) is 8.90. The van der Waals surface area contributed by atoms with Crippen molar-refractivity contribution in [2.75, 3.05) is 35.5 Å². The predicted molar refractivity (Wildman–Crippen MR) is 122 cm³/mol. The molecule has 27 heavy (non-hydrogen) atoms. The molecule has 0 spiro atoms. The van der Waals surface area contributed by atoms with E-state index in [1.54, 1.807) is 0 Å². The van der Waals surface area contributed by atoms with Gasteiger partial charge in [0.1, 0.15) is 11.2 Å². The Labute approximate surface area is 179 Å². The van der Waals surface area contributed by atoms with Crippen LogP contribution in [0.5, 0.6) is 0 Å². The maximum absolute atomic E-state index is 11.9. The first-order chi connectivity index (χ1) is 12.9. The molecule has 0 aliphatic carbocycles. The van der Waals surface area contributed by atoms with Crippen molar-refractivity contribution in [3.05, 3.63) is 0 Å². The van der Waals surface area contributed by atoms with E-state index in [1.807, 2.05) is 24.3 Å². The normalized spacial score (nSPS) is 12.1. The average Bonchev–Trinajstić information content (AvgIpc) is 2.66. The van der Waals surface area contributed by atoms with Crippen molar-refractivity contribution in [3.8, 4) is 0 Å². The van der Waals surface area contributed by atoms with Gasteiger partial charge in [-0.05, 0) is 62.5 Å². The van der Waals surface area contributed by atoms with Gasteiger partial charge in [-0.1, -0.05) is 27.7 Å². The quantitative estimate of drug-likeness (QED) is 0.235. The van der Waals surface area contributed by atoms with Gasteiger partial charge < -0.3 is 9.47 Å². The van der Waals surface area contributed by atoms with Gasteiger partial charge in [0.05, 0.1) is 11.5 Å². The van der Waals surface area contributed by atoms with Crippen LogP contribution in [0.25, 0.3) is 0 Å². The molecule has 0 aliphatic rings. The van der Waals surface area contributed by atoms with E-state index in [0.29, 0.717) is 11.5 Å². The molecule has 0 N–H and O–H groups in total. The molecule has 0 rings (SSSR count). The first kappa shape index (κ1) is 27.0. The second-order valence-corrected chi connectivity index (χ2v) is 9.66. The summed E-state index contributed by atoms with van der Waals surface area (Å²) in [4.78, 5) is 23.9. The van der Waals surface area contributed by atoms with Gasteiger partial charge in [0.15, 0.2) is 0 Å². The number of hydrogen-bond donors (Lipinski definition) is 0. The first-order valence-corrected chi connectivity index (χ1v) is 13.8. The molecule has 0 amide bonds. The van der Waals surface area contributed by atoms with Crippen LogP contribution in [0.1, 0.15) is 66.2 Å². The van der Waals surface area contributed by atoms with Gasteiger partial charge in [0, 0.05) is 0 Å². The van der Waals surface area contributed by atoms with Crippen LogP contribution < -0.4 is 0 Å². The Morgan fingerprint density at radius 3 is 1.30 bits per heavy atom. The van der Waals surface area contributed by atoms with E-state index in [2.05, 4.69) is 27.7 Å². The summed E-state index contributed by atoms with van der Waals surface area (Å²) in [5.41, 5.74) is -0.700. The number of esters is 2. The Kier molecular flexibility index (Phi) is 14.9. The van der Waals surface area contributed by atoms with Crippen molar-refractivity contribution >= 4 is 47.2 Å². The Morgan fingerprint density at radius 2 is 1.04 bits per heavy atom. The highest BCUT2D eigenvalue weighted by molar-refractivity contribution is 7.99. The van der Waals surface area contributed by atoms with Gasteiger partial charge in [0.25, 0.3) is 0 Å². The third kappa shape index (κ3) is 10.4. The molecular formula is C20H38O4S3. The number of hydrogen-bond acceptors (Lipinski definition) is 7. The maximum atomic E-state index is 11.9. The summed E-state index contributed by atoms with van der Waals surface area (Å²) in [6.45, 7) is 8.35. The summed E-state index contributed by atoms with van der Waals surface area (Å²) in [5.74, 6) is 2.46. The fraction of sp³-hybridized carbons (Fsp3) is 0.900. The lowest BCUT2D eigenvalue weighted by atomic mass is 9.94. The summed E-state index contributed by atoms with van der Waals surface area (Å²) in [5, 5.41) is 0. The highest BCUT2D eigenvalue weighted by Gasteiger charge is 2.32. The molecule has 0 unspecified atom stereocenters. The van der Waals surface area contributed by atoms with Gasteiger partial charge in [-0.25, -0.2) is 0 Å². The lowest BCUT2D eigenvalue weighted by Gasteiger charge is -2.33. The van der Waals surface area contributed by atoms with Crippen molar-refractivity contribution in [1.82, 2.24) is 0 Å². The number of carbonyl (C=O) groups is 2. The zero-order valence-corrected chi connectivity index (χ0v) is 20.4. The molecule has 0 bridgehead atoms. The van der Waals surface area contributed by atoms with Crippen LogP contribution in [0.2, 0.25) is 0 Å². The minimum atomic E-state index is -0.350. The molecule has 0 aromatic carbocycles. The lowest BCUT2D eigenvalue weighted by molar-refractivity contribution is -0.158. The molecule has 0 fully saturated rings. The van der Waals surface area contributed by atoms with Crippen LogP contribution >= 0.6 is 35.3 Å². The Hall–Kier alpha value is -0.0100. The van der Waals surface area contributed by atoms with Crippen LogP contribution in [0, 0.1) is 0 Å². The molecule has 4 nitrogen and oxygen atoms in total. The van der Waals surface area contributed by atoms with Crippen molar-refractivity contribution in [1.29, 1.82) is 0 Å². The maximum Gasteiger partial charge on any atom is 0.316 e. The smallest absolute Gasteiger partial charge is 0.316 e. The molecule has 0 aliphatic heterocycles. The van der Waals surface area contributed by atoms with Crippen LogP contribution in [0.4, 0.5) is 0 Å². The topological polar surface area (TPSA) is 52.6 Å². The summed E-state index contributed by atoms with van der Waals surface area (Å²) >= 11 is 4.85. The zero-order valence-electron chi connectivity index (χ0n) is 17.9. The zero-order chi connectivity index (χ0) is 20.8. The molecular weight excluding hydrogens is 400 g/mol. The van der Waals surface area contributed by atoms with E-state index in [4.69, 9.17) is 9.47 Å².